The monoisotopic (exact) mass is 374 g/mol. The number of carbonyl (C=O) groups is 2. The molecule has 1 aromatic heterocycles. The molecule has 28 heavy (non-hydrogen) atoms. The number of aromatic amines is 1. The van der Waals surface area contributed by atoms with Gasteiger partial charge >= 0.3 is 0 Å². The smallest absolute Gasteiger partial charge is 0.250 e. The van der Waals surface area contributed by atoms with Gasteiger partial charge in [-0.25, -0.2) is 0 Å². The van der Waals surface area contributed by atoms with Crippen molar-refractivity contribution in [1.29, 1.82) is 0 Å². The number of nitrogens with one attached hydrogen (secondary N) is 1. The van der Waals surface area contributed by atoms with E-state index in [2.05, 4.69) is 11.9 Å². The highest BCUT2D eigenvalue weighted by atomic mass is 16.5. The van der Waals surface area contributed by atoms with Crippen molar-refractivity contribution in [2.24, 2.45) is 5.92 Å². The maximum atomic E-state index is 12.9. The van der Waals surface area contributed by atoms with Crippen molar-refractivity contribution < 1.29 is 14.3 Å². The highest BCUT2D eigenvalue weighted by Gasteiger charge is 2.68. The quantitative estimate of drug-likeness (QED) is 0.836. The van der Waals surface area contributed by atoms with Gasteiger partial charge in [0.2, 0.25) is 5.78 Å². The molecule has 2 heterocycles. The average Bonchev–Trinajstić information content (AvgIpc) is 3.19. The number of hydrogen-bond donors (Lipinski definition) is 1. The van der Waals surface area contributed by atoms with Crippen LogP contribution in [0.3, 0.4) is 0 Å². The number of benzene rings is 1. The summed E-state index contributed by atoms with van der Waals surface area (Å²) >= 11 is 0. The van der Waals surface area contributed by atoms with Gasteiger partial charge < -0.3 is 14.6 Å². The van der Waals surface area contributed by atoms with Crippen molar-refractivity contribution in [3.05, 3.63) is 70.2 Å². The minimum absolute atomic E-state index is 0.0312. The van der Waals surface area contributed by atoms with Gasteiger partial charge in [-0.3, -0.25) is 9.59 Å². The highest BCUT2D eigenvalue weighted by molar-refractivity contribution is 6.09. The third-order valence-corrected chi connectivity index (χ3v) is 6.52. The molecule has 5 nitrogen and oxygen atoms in total. The second-order valence-electron chi connectivity index (χ2n) is 7.95. The number of rotatable bonds is 3. The summed E-state index contributed by atoms with van der Waals surface area (Å²) in [6, 6.07) is 7.55. The van der Waals surface area contributed by atoms with E-state index in [9.17, 15) is 9.59 Å². The summed E-state index contributed by atoms with van der Waals surface area (Å²) in [5.41, 5.74) is 5.68. The highest BCUT2D eigenvalue weighted by Crippen LogP contribution is 2.67. The van der Waals surface area contributed by atoms with Gasteiger partial charge in [-0.1, -0.05) is 12.1 Å². The summed E-state index contributed by atoms with van der Waals surface area (Å²) < 4.78 is 5.16. The van der Waals surface area contributed by atoms with Crippen LogP contribution >= 0.6 is 0 Å². The van der Waals surface area contributed by atoms with Crippen LogP contribution in [0.1, 0.15) is 39.3 Å². The Balaban J connectivity index is 1.44. The molecule has 142 valence electrons. The number of ketones is 1. The Labute approximate surface area is 163 Å². The molecule has 1 aromatic carbocycles. The first-order valence-corrected chi connectivity index (χ1v) is 9.55. The summed E-state index contributed by atoms with van der Waals surface area (Å²) in [5.74, 6) is 1.08. The molecule has 1 saturated heterocycles. The molecule has 1 aliphatic heterocycles. The lowest BCUT2D eigenvalue weighted by Crippen LogP contribution is -2.32. The number of aromatic nitrogens is 1. The fourth-order valence-electron chi connectivity index (χ4n) is 4.90. The lowest BCUT2D eigenvalue weighted by Gasteiger charge is -2.27. The van der Waals surface area contributed by atoms with Gasteiger partial charge in [0.05, 0.1) is 12.8 Å². The largest absolute Gasteiger partial charge is 0.497 e. The van der Waals surface area contributed by atoms with Crippen LogP contribution in [0, 0.1) is 19.8 Å². The normalized spacial score (nSPS) is 24.7. The standard InChI is InChI=1S/C23H22N2O3/c1-13-14(2)24-22-18(26)10-19-23(21(13)22)11-16(23)12-25(19)20(27)9-6-15-4-7-17(28-3)8-5-15/h4-10,16,24H,11-12H2,1-3H3/b9-6+/t16-,23+/m1/s1. The first kappa shape index (κ1) is 17.0. The number of methoxy groups -OCH3 is 1. The first-order valence-electron chi connectivity index (χ1n) is 9.55. The molecule has 2 fully saturated rings. The van der Waals surface area contributed by atoms with Gasteiger partial charge in [-0.15, -0.1) is 0 Å². The topological polar surface area (TPSA) is 62.4 Å². The number of nitrogens with zero attached hydrogens (tertiary/aromatic N) is 1. The summed E-state index contributed by atoms with van der Waals surface area (Å²) in [4.78, 5) is 30.7. The molecular formula is C23H22N2O3. The molecule has 1 amide bonds. The summed E-state index contributed by atoms with van der Waals surface area (Å²) in [6.07, 6.45) is 6.09. The number of likely N-dealkylation sites (tertiary alicyclic amines) is 1. The predicted molar refractivity (Wildman–Crippen MR) is 106 cm³/mol. The van der Waals surface area contributed by atoms with E-state index < -0.39 is 0 Å². The van der Waals surface area contributed by atoms with Gasteiger partial charge in [-0.05, 0) is 61.1 Å². The fourth-order valence-corrected chi connectivity index (χ4v) is 4.90. The van der Waals surface area contributed by atoms with Crippen LogP contribution < -0.4 is 4.74 Å². The van der Waals surface area contributed by atoms with Gasteiger partial charge in [-0.2, -0.15) is 0 Å². The van der Waals surface area contributed by atoms with Crippen LogP contribution in [0.15, 0.2) is 42.1 Å². The third-order valence-electron chi connectivity index (χ3n) is 6.52. The van der Waals surface area contributed by atoms with Crippen LogP contribution in [-0.4, -0.2) is 35.2 Å². The van der Waals surface area contributed by atoms with Gasteiger partial charge in [0.1, 0.15) is 5.75 Å². The molecule has 0 unspecified atom stereocenters. The number of H-pyrrole nitrogens is 1. The lowest BCUT2D eigenvalue weighted by atomic mass is 9.83. The zero-order valence-corrected chi connectivity index (χ0v) is 16.2. The van der Waals surface area contributed by atoms with E-state index in [4.69, 9.17) is 4.74 Å². The SMILES string of the molecule is COc1ccc(/C=C/C(=O)N2C[C@H]3C[C@@]34C2=CC(=O)c2[nH]c(C)c(C)c24)cc1. The zero-order valence-electron chi connectivity index (χ0n) is 16.2. The Bertz CT molecular complexity index is 1070. The summed E-state index contributed by atoms with van der Waals surface area (Å²) in [6.45, 7) is 4.75. The van der Waals surface area contributed by atoms with E-state index >= 15 is 0 Å². The van der Waals surface area contributed by atoms with Crippen LogP contribution in [0.4, 0.5) is 0 Å². The van der Waals surface area contributed by atoms with Gasteiger partial charge in [0.15, 0.2) is 0 Å². The van der Waals surface area contributed by atoms with Crippen LogP contribution in [0.25, 0.3) is 6.08 Å². The molecule has 1 saturated carbocycles. The van der Waals surface area contributed by atoms with Crippen molar-refractivity contribution in [3.8, 4) is 5.75 Å². The van der Waals surface area contributed by atoms with Crippen LogP contribution in [0.2, 0.25) is 0 Å². The molecule has 0 radical (unpaired) electrons. The molecule has 5 rings (SSSR count). The van der Waals surface area contributed by atoms with Crippen molar-refractivity contribution in [2.45, 2.75) is 25.7 Å². The average molecular weight is 374 g/mol. The van der Waals surface area contributed by atoms with E-state index in [-0.39, 0.29) is 17.1 Å². The number of aryl methyl sites for hydroxylation is 1. The number of allylic oxidation sites excluding steroid dienone is 2. The fraction of sp³-hybridized carbons (Fsp3) is 0.304. The van der Waals surface area contributed by atoms with Crippen molar-refractivity contribution in [1.82, 2.24) is 9.88 Å². The molecule has 1 N–H and O–H groups in total. The van der Waals surface area contributed by atoms with Crippen LogP contribution in [0.5, 0.6) is 5.75 Å². The Morgan fingerprint density at radius 3 is 2.75 bits per heavy atom. The molecular weight excluding hydrogens is 352 g/mol. The second-order valence-corrected chi connectivity index (χ2v) is 7.95. The third kappa shape index (κ3) is 2.19. The molecule has 3 aliphatic rings. The van der Waals surface area contributed by atoms with Crippen LogP contribution in [-0.2, 0) is 10.2 Å². The second kappa shape index (κ2) is 5.71. The van der Waals surface area contributed by atoms with E-state index in [0.29, 0.717) is 18.2 Å². The van der Waals surface area contributed by atoms with Crippen molar-refractivity contribution in [3.63, 3.8) is 0 Å². The Morgan fingerprint density at radius 1 is 1.29 bits per heavy atom. The number of carbonyl (C=O) groups excluding carboxylic acids is 2. The van der Waals surface area contributed by atoms with E-state index in [0.717, 1.165) is 40.3 Å². The van der Waals surface area contributed by atoms with Gasteiger partial charge in [0, 0.05) is 35.5 Å². The van der Waals surface area contributed by atoms with E-state index in [1.54, 1.807) is 30.2 Å². The van der Waals surface area contributed by atoms with E-state index in [1.165, 1.54) is 0 Å². The van der Waals surface area contributed by atoms with Gasteiger partial charge in [0.25, 0.3) is 5.91 Å². The maximum Gasteiger partial charge on any atom is 0.250 e. The number of hydrogen-bond acceptors (Lipinski definition) is 3. The molecule has 2 aliphatic carbocycles. The minimum atomic E-state index is -0.151. The van der Waals surface area contributed by atoms with Crippen molar-refractivity contribution >= 4 is 17.8 Å². The maximum absolute atomic E-state index is 12.9. The number of amides is 1. The minimum Gasteiger partial charge on any atom is -0.497 e. The summed E-state index contributed by atoms with van der Waals surface area (Å²) in [7, 11) is 1.63. The zero-order chi connectivity index (χ0) is 19.6. The summed E-state index contributed by atoms with van der Waals surface area (Å²) in [5, 5.41) is 0. The number of fused-ring (bicyclic) bond motifs is 1. The first-order chi connectivity index (χ1) is 13.5. The predicted octanol–water partition coefficient (Wildman–Crippen LogP) is 3.53. The Kier molecular flexibility index (Phi) is 3.48. The Morgan fingerprint density at radius 2 is 2.04 bits per heavy atom. The molecule has 2 aromatic rings. The van der Waals surface area contributed by atoms with Crippen molar-refractivity contribution in [2.75, 3.05) is 13.7 Å². The number of ether oxygens (including phenoxy) is 1. The number of piperidine rings is 1. The van der Waals surface area contributed by atoms with E-state index in [1.807, 2.05) is 31.2 Å². The molecule has 5 heteroatoms. The Hall–Kier alpha value is -3.08. The molecule has 1 spiro atoms. The molecule has 2 atom stereocenters. The lowest BCUT2D eigenvalue weighted by molar-refractivity contribution is -0.123. The molecule has 0 bridgehead atoms.